The maximum absolute atomic E-state index is 5.30. The van der Waals surface area contributed by atoms with E-state index >= 15 is 0 Å². The van der Waals surface area contributed by atoms with E-state index in [0.29, 0.717) is 0 Å². The van der Waals surface area contributed by atoms with Crippen molar-refractivity contribution in [1.29, 1.82) is 0 Å². The van der Waals surface area contributed by atoms with Crippen molar-refractivity contribution in [1.82, 2.24) is 15.2 Å². The standard InChI is InChI=1S/C8H16N4/c1-3-4-12-6-8(5-10-12)7(2)11-9/h5-7,11H,3-4,9H2,1-2H3. The Kier molecular flexibility index (Phi) is 3.25. The Morgan fingerprint density at radius 1 is 1.75 bits per heavy atom. The van der Waals surface area contributed by atoms with Crippen LogP contribution in [0.1, 0.15) is 31.9 Å². The summed E-state index contributed by atoms with van der Waals surface area (Å²) in [6.45, 7) is 5.11. The van der Waals surface area contributed by atoms with Gasteiger partial charge in [-0.3, -0.25) is 16.0 Å². The molecule has 0 bridgehead atoms. The SMILES string of the molecule is CCCn1cc(C(C)NN)cn1. The molecular weight excluding hydrogens is 152 g/mol. The number of rotatable bonds is 4. The molecule has 1 unspecified atom stereocenters. The van der Waals surface area contributed by atoms with Crippen LogP contribution in [-0.2, 0) is 6.54 Å². The van der Waals surface area contributed by atoms with Crippen LogP contribution in [0.25, 0.3) is 0 Å². The van der Waals surface area contributed by atoms with Crippen LogP contribution in [0.15, 0.2) is 12.4 Å². The maximum Gasteiger partial charge on any atom is 0.0538 e. The molecule has 0 saturated heterocycles. The van der Waals surface area contributed by atoms with Crippen LogP contribution in [0.2, 0.25) is 0 Å². The van der Waals surface area contributed by atoms with Gasteiger partial charge in [-0.1, -0.05) is 6.92 Å². The second-order valence-corrected chi connectivity index (χ2v) is 2.93. The van der Waals surface area contributed by atoms with Crippen LogP contribution in [0.5, 0.6) is 0 Å². The Morgan fingerprint density at radius 2 is 2.50 bits per heavy atom. The third-order valence-corrected chi connectivity index (χ3v) is 1.86. The van der Waals surface area contributed by atoms with E-state index in [0.717, 1.165) is 18.5 Å². The normalized spacial score (nSPS) is 13.2. The van der Waals surface area contributed by atoms with Gasteiger partial charge in [0.05, 0.1) is 6.20 Å². The number of aryl methyl sites for hydroxylation is 1. The summed E-state index contributed by atoms with van der Waals surface area (Å²) in [7, 11) is 0. The molecule has 1 atom stereocenters. The average Bonchev–Trinajstić information content (AvgIpc) is 2.52. The first kappa shape index (κ1) is 9.22. The van der Waals surface area contributed by atoms with Crippen molar-refractivity contribution in [2.75, 3.05) is 0 Å². The topological polar surface area (TPSA) is 55.9 Å². The second kappa shape index (κ2) is 4.23. The summed E-state index contributed by atoms with van der Waals surface area (Å²) in [6, 6.07) is 0.176. The Bertz CT molecular complexity index is 231. The van der Waals surface area contributed by atoms with E-state index in [1.54, 1.807) is 0 Å². The van der Waals surface area contributed by atoms with E-state index in [9.17, 15) is 0 Å². The fourth-order valence-corrected chi connectivity index (χ4v) is 1.05. The van der Waals surface area contributed by atoms with Gasteiger partial charge in [0.15, 0.2) is 0 Å². The summed E-state index contributed by atoms with van der Waals surface area (Å²) >= 11 is 0. The van der Waals surface area contributed by atoms with Gasteiger partial charge in [-0.05, 0) is 13.3 Å². The second-order valence-electron chi connectivity index (χ2n) is 2.93. The number of aromatic nitrogens is 2. The highest BCUT2D eigenvalue weighted by molar-refractivity contribution is 5.08. The van der Waals surface area contributed by atoms with Crippen LogP contribution in [-0.4, -0.2) is 9.78 Å². The monoisotopic (exact) mass is 168 g/mol. The molecule has 0 aromatic carbocycles. The van der Waals surface area contributed by atoms with Gasteiger partial charge in [-0.25, -0.2) is 0 Å². The fraction of sp³-hybridized carbons (Fsp3) is 0.625. The maximum atomic E-state index is 5.30. The first-order chi connectivity index (χ1) is 5.77. The quantitative estimate of drug-likeness (QED) is 0.517. The zero-order valence-corrected chi connectivity index (χ0v) is 7.62. The predicted octanol–water partition coefficient (Wildman–Crippen LogP) is 0.817. The summed E-state index contributed by atoms with van der Waals surface area (Å²) in [6.07, 6.45) is 4.97. The first-order valence-electron chi connectivity index (χ1n) is 4.26. The summed E-state index contributed by atoms with van der Waals surface area (Å²) in [5, 5.41) is 4.20. The molecule has 3 N–H and O–H groups in total. The van der Waals surface area contributed by atoms with Crippen molar-refractivity contribution in [2.24, 2.45) is 5.84 Å². The minimum Gasteiger partial charge on any atom is -0.272 e. The Hall–Kier alpha value is -0.870. The highest BCUT2D eigenvalue weighted by Gasteiger charge is 2.04. The Labute approximate surface area is 72.7 Å². The minimum absolute atomic E-state index is 0.176. The number of hydrazine groups is 1. The van der Waals surface area contributed by atoms with E-state index in [1.165, 1.54) is 0 Å². The van der Waals surface area contributed by atoms with Gasteiger partial charge < -0.3 is 0 Å². The molecule has 0 radical (unpaired) electrons. The van der Waals surface area contributed by atoms with E-state index in [4.69, 9.17) is 5.84 Å². The van der Waals surface area contributed by atoms with Crippen LogP contribution < -0.4 is 11.3 Å². The molecule has 0 amide bonds. The van der Waals surface area contributed by atoms with E-state index in [2.05, 4.69) is 17.4 Å². The molecule has 0 spiro atoms. The summed E-state index contributed by atoms with van der Waals surface area (Å²) in [5.74, 6) is 5.30. The lowest BCUT2D eigenvalue weighted by Gasteiger charge is -2.05. The lowest BCUT2D eigenvalue weighted by atomic mass is 10.2. The van der Waals surface area contributed by atoms with E-state index < -0.39 is 0 Å². The highest BCUT2D eigenvalue weighted by atomic mass is 15.3. The molecule has 4 nitrogen and oxygen atoms in total. The van der Waals surface area contributed by atoms with Gasteiger partial charge in [0.2, 0.25) is 0 Å². The molecule has 68 valence electrons. The molecule has 1 heterocycles. The molecule has 1 aromatic rings. The third-order valence-electron chi connectivity index (χ3n) is 1.86. The summed E-state index contributed by atoms with van der Waals surface area (Å²) in [4.78, 5) is 0. The zero-order valence-electron chi connectivity index (χ0n) is 7.62. The van der Waals surface area contributed by atoms with E-state index in [-0.39, 0.29) is 6.04 Å². The van der Waals surface area contributed by atoms with Crippen LogP contribution >= 0.6 is 0 Å². The van der Waals surface area contributed by atoms with Crippen molar-refractivity contribution in [3.63, 3.8) is 0 Å². The molecule has 4 heteroatoms. The zero-order chi connectivity index (χ0) is 8.97. The molecule has 0 aliphatic rings. The molecule has 0 saturated carbocycles. The van der Waals surface area contributed by atoms with Gasteiger partial charge in [-0.2, -0.15) is 5.10 Å². The summed E-state index contributed by atoms with van der Waals surface area (Å²) in [5.41, 5.74) is 3.81. The number of nitrogens with zero attached hydrogens (tertiary/aromatic N) is 2. The number of nitrogens with one attached hydrogen (secondary N) is 1. The molecule has 12 heavy (non-hydrogen) atoms. The fourth-order valence-electron chi connectivity index (χ4n) is 1.05. The number of hydrogen-bond donors (Lipinski definition) is 2. The smallest absolute Gasteiger partial charge is 0.0538 e. The van der Waals surface area contributed by atoms with Gasteiger partial charge in [0.25, 0.3) is 0 Å². The molecule has 0 fully saturated rings. The van der Waals surface area contributed by atoms with Gasteiger partial charge in [0, 0.05) is 24.3 Å². The van der Waals surface area contributed by atoms with Crippen molar-refractivity contribution < 1.29 is 0 Å². The van der Waals surface area contributed by atoms with Crippen molar-refractivity contribution in [2.45, 2.75) is 32.9 Å². The predicted molar refractivity (Wildman–Crippen MR) is 48.3 cm³/mol. The molecule has 1 aromatic heterocycles. The molecule has 0 aliphatic heterocycles. The lowest BCUT2D eigenvalue weighted by Crippen LogP contribution is -2.25. The number of nitrogens with two attached hydrogens (primary N) is 1. The van der Waals surface area contributed by atoms with Crippen LogP contribution in [0.3, 0.4) is 0 Å². The van der Waals surface area contributed by atoms with Gasteiger partial charge in [0.1, 0.15) is 0 Å². The van der Waals surface area contributed by atoms with Crippen molar-refractivity contribution >= 4 is 0 Å². The lowest BCUT2D eigenvalue weighted by molar-refractivity contribution is 0.588. The molecular formula is C8H16N4. The average molecular weight is 168 g/mol. The molecule has 0 aliphatic carbocycles. The van der Waals surface area contributed by atoms with Crippen LogP contribution in [0, 0.1) is 0 Å². The minimum atomic E-state index is 0.176. The van der Waals surface area contributed by atoms with Crippen molar-refractivity contribution in [3.8, 4) is 0 Å². The Morgan fingerprint density at radius 3 is 3.08 bits per heavy atom. The highest BCUT2D eigenvalue weighted by Crippen LogP contribution is 2.09. The van der Waals surface area contributed by atoms with Gasteiger partial charge in [-0.15, -0.1) is 0 Å². The first-order valence-corrected chi connectivity index (χ1v) is 4.26. The number of hydrogen-bond acceptors (Lipinski definition) is 3. The van der Waals surface area contributed by atoms with Crippen LogP contribution in [0.4, 0.5) is 0 Å². The third kappa shape index (κ3) is 2.06. The summed E-state index contributed by atoms with van der Waals surface area (Å²) < 4.78 is 1.93. The van der Waals surface area contributed by atoms with Crippen molar-refractivity contribution in [3.05, 3.63) is 18.0 Å². The van der Waals surface area contributed by atoms with Gasteiger partial charge >= 0.3 is 0 Å². The van der Waals surface area contributed by atoms with E-state index in [1.807, 2.05) is 24.0 Å². The largest absolute Gasteiger partial charge is 0.272 e. The Balaban J connectivity index is 2.63. The molecule has 1 rings (SSSR count).